The molecule has 0 radical (unpaired) electrons. The summed E-state index contributed by atoms with van der Waals surface area (Å²) in [6.45, 7) is 0. The van der Waals surface area contributed by atoms with Crippen molar-refractivity contribution in [2.75, 3.05) is 5.73 Å². The van der Waals surface area contributed by atoms with Gasteiger partial charge in [0.25, 0.3) is 0 Å². The van der Waals surface area contributed by atoms with Crippen molar-refractivity contribution >= 4 is 11.9 Å². The summed E-state index contributed by atoms with van der Waals surface area (Å²) in [6.07, 6.45) is 4.85. The fourth-order valence-corrected chi connectivity index (χ4v) is 1.04. The Labute approximate surface area is 70.2 Å². The molecule has 0 fully saturated rings. The lowest BCUT2D eigenvalue weighted by Gasteiger charge is -2.02. The van der Waals surface area contributed by atoms with Gasteiger partial charge in [-0.2, -0.15) is 0 Å². The molecule has 0 aromatic heterocycles. The molecule has 0 spiro atoms. The maximum Gasteiger partial charge on any atom is 0.135 e. The van der Waals surface area contributed by atoms with E-state index in [1.54, 1.807) is 24.7 Å². The molecule has 0 bridgehead atoms. The minimum Gasteiger partial charge on any atom is -0.463 e. The predicted octanol–water partition coefficient (Wildman–Crippen LogP) is 1.55. The number of nitrogens with zero attached hydrogens (tertiary/aromatic N) is 1. The van der Waals surface area contributed by atoms with Crippen LogP contribution >= 0.6 is 0 Å². The molecule has 60 valence electrons. The van der Waals surface area contributed by atoms with Gasteiger partial charge in [-0.3, -0.25) is 4.99 Å². The van der Waals surface area contributed by atoms with Gasteiger partial charge >= 0.3 is 0 Å². The van der Waals surface area contributed by atoms with Gasteiger partial charge in [-0.1, -0.05) is 0 Å². The summed E-state index contributed by atoms with van der Waals surface area (Å²) in [4.78, 5) is 3.97. The fraction of sp³-hybridized carbons (Fsp3) is 0. The lowest BCUT2D eigenvalue weighted by atomic mass is 10.2. The Morgan fingerprint density at radius 2 is 2.25 bits per heavy atom. The van der Waals surface area contributed by atoms with Crippen LogP contribution in [0.3, 0.4) is 0 Å². The molecule has 1 heterocycles. The second kappa shape index (κ2) is 2.70. The maximum atomic E-state index is 5.60. The van der Waals surface area contributed by atoms with Gasteiger partial charge in [-0.25, -0.2) is 0 Å². The molecule has 0 saturated carbocycles. The molecule has 0 unspecified atom stereocenters. The van der Waals surface area contributed by atoms with Crippen molar-refractivity contribution in [2.45, 2.75) is 0 Å². The van der Waals surface area contributed by atoms with Gasteiger partial charge in [-0.05, 0) is 18.2 Å². The molecular weight excluding hydrogens is 152 g/mol. The highest BCUT2D eigenvalue weighted by molar-refractivity contribution is 5.85. The van der Waals surface area contributed by atoms with Crippen LogP contribution in [0.1, 0.15) is 5.56 Å². The zero-order valence-corrected chi connectivity index (χ0v) is 6.40. The topological polar surface area (TPSA) is 47.6 Å². The number of nitrogens with two attached hydrogens (primary N) is 1. The van der Waals surface area contributed by atoms with Crippen molar-refractivity contribution in [3.8, 4) is 5.75 Å². The predicted molar refractivity (Wildman–Crippen MR) is 48.2 cm³/mol. The maximum absolute atomic E-state index is 5.60. The van der Waals surface area contributed by atoms with Crippen LogP contribution in [0.5, 0.6) is 5.75 Å². The van der Waals surface area contributed by atoms with Crippen LogP contribution in [-0.2, 0) is 0 Å². The first kappa shape index (κ1) is 6.91. The summed E-state index contributed by atoms with van der Waals surface area (Å²) in [5.74, 6) is 0.779. The van der Waals surface area contributed by atoms with E-state index in [4.69, 9.17) is 10.5 Å². The molecule has 12 heavy (non-hydrogen) atoms. The second-order valence-electron chi connectivity index (χ2n) is 2.48. The standard InChI is InChI=1S/C9H8N2O/c10-8-1-2-9-7(5-8)6-11-3-4-12-9/h1-6H,10H2. The van der Waals surface area contributed by atoms with E-state index in [-0.39, 0.29) is 0 Å². The third-order valence-corrected chi connectivity index (χ3v) is 1.59. The Kier molecular flexibility index (Phi) is 1.55. The van der Waals surface area contributed by atoms with Crippen LogP contribution < -0.4 is 10.5 Å². The number of hydrogen-bond donors (Lipinski definition) is 1. The highest BCUT2D eigenvalue weighted by Gasteiger charge is 2.01. The number of benzene rings is 1. The van der Waals surface area contributed by atoms with Gasteiger partial charge in [0.15, 0.2) is 0 Å². The number of rotatable bonds is 0. The summed E-state index contributed by atoms with van der Waals surface area (Å²) >= 11 is 0. The normalized spacial score (nSPS) is 13.3. The van der Waals surface area contributed by atoms with Gasteiger partial charge < -0.3 is 10.5 Å². The van der Waals surface area contributed by atoms with Crippen molar-refractivity contribution in [2.24, 2.45) is 4.99 Å². The number of fused-ring (bicyclic) bond motifs is 1. The zero-order valence-electron chi connectivity index (χ0n) is 6.40. The van der Waals surface area contributed by atoms with Crippen LogP contribution in [0, 0.1) is 0 Å². The van der Waals surface area contributed by atoms with Crippen LogP contribution in [0.4, 0.5) is 5.69 Å². The summed E-state index contributed by atoms with van der Waals surface area (Å²) in [6, 6.07) is 5.45. The Hall–Kier alpha value is -1.77. The summed E-state index contributed by atoms with van der Waals surface area (Å²) in [5.41, 5.74) is 7.21. The average Bonchev–Trinajstić information content (AvgIpc) is 2.28. The summed E-state index contributed by atoms with van der Waals surface area (Å²) < 4.78 is 5.24. The number of anilines is 1. The lowest BCUT2D eigenvalue weighted by molar-refractivity contribution is 0.481. The molecule has 0 aliphatic carbocycles. The monoisotopic (exact) mass is 160 g/mol. The smallest absolute Gasteiger partial charge is 0.135 e. The Bertz CT molecular complexity index is 356. The molecule has 1 aromatic carbocycles. The lowest BCUT2D eigenvalue weighted by Crippen LogP contribution is -1.91. The zero-order chi connectivity index (χ0) is 8.39. The van der Waals surface area contributed by atoms with Crippen molar-refractivity contribution in [3.05, 3.63) is 36.2 Å². The van der Waals surface area contributed by atoms with Crippen LogP contribution in [0.2, 0.25) is 0 Å². The van der Waals surface area contributed by atoms with Crippen molar-refractivity contribution in [3.63, 3.8) is 0 Å². The Morgan fingerprint density at radius 1 is 1.33 bits per heavy atom. The first-order valence-electron chi connectivity index (χ1n) is 3.60. The molecule has 2 rings (SSSR count). The molecule has 0 amide bonds. The van der Waals surface area contributed by atoms with E-state index in [1.165, 1.54) is 0 Å². The van der Waals surface area contributed by atoms with E-state index in [2.05, 4.69) is 4.99 Å². The van der Waals surface area contributed by atoms with Gasteiger partial charge in [0.05, 0.1) is 6.20 Å². The molecule has 1 aliphatic heterocycles. The second-order valence-corrected chi connectivity index (χ2v) is 2.48. The molecule has 3 nitrogen and oxygen atoms in total. The Balaban J connectivity index is 2.53. The van der Waals surface area contributed by atoms with Gasteiger partial charge in [0.1, 0.15) is 12.0 Å². The number of nitrogen functional groups attached to an aromatic ring is 1. The SMILES string of the molecule is Nc1ccc2c(c1)C=NC=CO2. The summed E-state index contributed by atoms with van der Waals surface area (Å²) in [5, 5.41) is 0. The van der Waals surface area contributed by atoms with Crippen molar-refractivity contribution < 1.29 is 4.74 Å². The average molecular weight is 160 g/mol. The van der Waals surface area contributed by atoms with E-state index >= 15 is 0 Å². The first-order chi connectivity index (χ1) is 5.86. The molecule has 1 aliphatic rings. The molecule has 0 saturated heterocycles. The molecule has 0 atom stereocenters. The fourth-order valence-electron chi connectivity index (χ4n) is 1.04. The van der Waals surface area contributed by atoms with Crippen LogP contribution in [0.25, 0.3) is 0 Å². The molecule has 3 heteroatoms. The van der Waals surface area contributed by atoms with Gasteiger partial charge in [0.2, 0.25) is 0 Å². The van der Waals surface area contributed by atoms with E-state index in [9.17, 15) is 0 Å². The summed E-state index contributed by atoms with van der Waals surface area (Å²) in [7, 11) is 0. The third-order valence-electron chi connectivity index (χ3n) is 1.59. The van der Waals surface area contributed by atoms with E-state index in [0.29, 0.717) is 5.69 Å². The molecule has 1 aromatic rings. The van der Waals surface area contributed by atoms with E-state index in [0.717, 1.165) is 11.3 Å². The quantitative estimate of drug-likeness (QED) is 0.585. The van der Waals surface area contributed by atoms with Crippen LogP contribution in [-0.4, -0.2) is 6.21 Å². The number of aliphatic imine (C=N–C) groups is 1. The van der Waals surface area contributed by atoms with Crippen LogP contribution in [0.15, 0.2) is 35.7 Å². The van der Waals surface area contributed by atoms with Crippen molar-refractivity contribution in [1.29, 1.82) is 0 Å². The molecule has 2 N–H and O–H groups in total. The highest BCUT2D eigenvalue weighted by Crippen LogP contribution is 2.21. The Morgan fingerprint density at radius 3 is 3.17 bits per heavy atom. The minimum absolute atomic E-state index is 0.714. The third kappa shape index (κ3) is 1.16. The van der Waals surface area contributed by atoms with E-state index in [1.807, 2.05) is 12.1 Å². The minimum atomic E-state index is 0.714. The number of ether oxygens (including phenoxy) is 1. The van der Waals surface area contributed by atoms with E-state index < -0.39 is 0 Å². The van der Waals surface area contributed by atoms with Gasteiger partial charge in [0, 0.05) is 17.5 Å². The number of hydrogen-bond acceptors (Lipinski definition) is 3. The highest BCUT2D eigenvalue weighted by atomic mass is 16.5. The van der Waals surface area contributed by atoms with Crippen molar-refractivity contribution in [1.82, 2.24) is 0 Å². The molecular formula is C9H8N2O. The first-order valence-corrected chi connectivity index (χ1v) is 3.60. The van der Waals surface area contributed by atoms with Gasteiger partial charge in [-0.15, -0.1) is 0 Å². The largest absolute Gasteiger partial charge is 0.463 e.